The number of hydrogen-bond donors (Lipinski definition) is 0. The summed E-state index contributed by atoms with van der Waals surface area (Å²) < 4.78 is 24.4. The molecule has 9 heteroatoms. The zero-order chi connectivity index (χ0) is 19.9. The monoisotopic (exact) mass is 378 g/mol. The number of hydrogen-bond acceptors (Lipinski definition) is 6. The number of rotatable bonds is 8. The van der Waals surface area contributed by atoms with Crippen LogP contribution in [0.25, 0.3) is 0 Å². The number of benzene rings is 1. The van der Waals surface area contributed by atoms with Gasteiger partial charge in [-0.25, -0.2) is 4.79 Å². The van der Waals surface area contributed by atoms with E-state index in [0.29, 0.717) is 0 Å². The van der Waals surface area contributed by atoms with Crippen molar-refractivity contribution in [3.05, 3.63) is 52.1 Å². The van der Waals surface area contributed by atoms with Crippen molar-refractivity contribution in [1.29, 1.82) is 0 Å². The van der Waals surface area contributed by atoms with E-state index in [1.165, 1.54) is 17.7 Å². The maximum absolute atomic E-state index is 12.7. The molecule has 1 aromatic rings. The normalized spacial score (nSPS) is 12.2. The summed E-state index contributed by atoms with van der Waals surface area (Å²) in [7, 11) is 1.74. The Morgan fingerprint density at radius 3 is 2.50 bits per heavy atom. The first-order valence-electron chi connectivity index (χ1n) is 7.81. The summed E-state index contributed by atoms with van der Waals surface area (Å²) in [6, 6.07) is 2.38. The summed E-state index contributed by atoms with van der Waals surface area (Å²) >= 11 is 0. The van der Waals surface area contributed by atoms with Crippen LogP contribution in [0.1, 0.15) is 24.2 Å². The highest BCUT2D eigenvalue weighted by atomic mass is 28.3. The Hall–Kier alpha value is -2.81. The lowest BCUT2D eigenvalue weighted by atomic mass is 10.2. The van der Waals surface area contributed by atoms with Crippen LogP contribution in [0.15, 0.2) is 36.4 Å². The maximum Gasteiger partial charge on any atom is 0.434 e. The summed E-state index contributed by atoms with van der Waals surface area (Å²) in [5.74, 6) is -0.867. The first kappa shape index (κ1) is 21.2. The number of methoxy groups -OCH3 is 1. The van der Waals surface area contributed by atoms with E-state index < -0.39 is 31.5 Å². The highest BCUT2D eigenvalue weighted by molar-refractivity contribution is 6.58. The molecule has 0 heterocycles. The van der Waals surface area contributed by atoms with E-state index in [4.69, 9.17) is 4.74 Å². The van der Waals surface area contributed by atoms with Gasteiger partial charge >= 0.3 is 20.5 Å². The molecule has 1 rings (SSSR count). The van der Waals surface area contributed by atoms with E-state index in [-0.39, 0.29) is 16.5 Å². The molecule has 0 saturated carbocycles. The van der Waals surface area contributed by atoms with Gasteiger partial charge < -0.3 is 18.5 Å². The zero-order valence-corrected chi connectivity index (χ0v) is 16.4. The molecular weight excluding hydrogens is 356 g/mol. The summed E-state index contributed by atoms with van der Waals surface area (Å²) in [6.07, 6.45) is 6.55. The number of esters is 1. The Labute approximate surface area is 153 Å². The average molecular weight is 378 g/mol. The topological polar surface area (TPSA) is 99.0 Å². The summed E-state index contributed by atoms with van der Waals surface area (Å²) in [6.45, 7) is 3.56. The molecule has 0 radical (unpaired) electrons. The number of ether oxygens (including phenoxy) is 2. The first-order chi connectivity index (χ1) is 12.2. The summed E-state index contributed by atoms with van der Waals surface area (Å²) in [4.78, 5) is 22.7. The van der Waals surface area contributed by atoms with Crippen LogP contribution in [0.4, 0.5) is 5.69 Å². The van der Waals surface area contributed by atoms with E-state index in [0.717, 1.165) is 6.07 Å². The second kappa shape index (κ2) is 9.61. The predicted octanol–water partition coefficient (Wildman–Crippen LogP) is 1.97. The van der Waals surface area contributed by atoms with Crippen molar-refractivity contribution >= 4 is 25.7 Å². The molecule has 0 aliphatic carbocycles. The largest absolute Gasteiger partial charge is 0.479 e. The fraction of sp³-hybridized carbons (Fsp3) is 0.353. The molecule has 0 aromatic heterocycles. The van der Waals surface area contributed by atoms with Crippen LogP contribution < -0.4 is 9.92 Å². The van der Waals surface area contributed by atoms with Gasteiger partial charge in [-0.3, -0.25) is 10.1 Å². The Balaban J connectivity index is 3.54. The van der Waals surface area contributed by atoms with E-state index in [1.54, 1.807) is 39.2 Å². The second-order valence-electron chi connectivity index (χ2n) is 5.55. The van der Waals surface area contributed by atoms with E-state index >= 15 is 0 Å². The van der Waals surface area contributed by atoms with Crippen LogP contribution in [0.2, 0.25) is 0 Å². The van der Waals surface area contributed by atoms with Crippen molar-refractivity contribution in [3.8, 4) is 5.75 Å². The fourth-order valence-electron chi connectivity index (χ4n) is 2.07. The third kappa shape index (κ3) is 5.35. The molecule has 0 aliphatic rings. The van der Waals surface area contributed by atoms with Crippen molar-refractivity contribution in [2.24, 2.45) is 0 Å². The molecule has 1 atom stereocenters. The zero-order valence-electron chi connectivity index (χ0n) is 15.4. The van der Waals surface area contributed by atoms with Crippen LogP contribution in [0.5, 0.6) is 5.75 Å². The lowest BCUT2D eigenvalue weighted by Gasteiger charge is -2.17. The van der Waals surface area contributed by atoms with E-state index in [2.05, 4.69) is 4.74 Å². The molecular formula is C17H22N2O6Si. The van der Waals surface area contributed by atoms with Crippen LogP contribution in [0, 0.1) is 10.1 Å². The van der Waals surface area contributed by atoms with Crippen LogP contribution >= 0.6 is 0 Å². The molecule has 0 N–H and O–H groups in total. The fourth-order valence-corrected chi connectivity index (χ4v) is 3.21. The number of carbonyl (C=O) groups is 1. The molecule has 26 heavy (non-hydrogen) atoms. The van der Waals surface area contributed by atoms with E-state index in [9.17, 15) is 19.4 Å². The van der Waals surface area contributed by atoms with Gasteiger partial charge in [0.2, 0.25) is 5.75 Å². The average Bonchev–Trinajstić information content (AvgIpc) is 2.60. The minimum Gasteiger partial charge on any atom is -0.479 e. The number of allylic oxidation sites excluding steroid dienone is 3. The van der Waals surface area contributed by atoms with Gasteiger partial charge in [0.15, 0.2) is 0 Å². The highest BCUT2D eigenvalue weighted by Crippen LogP contribution is 2.28. The Kier molecular flexibility index (Phi) is 7.85. The SMILES string of the molecule is C/C=C\C=C/C(C)Oc1c([N+](=O)[O-])cc(C(=O)OC)cc1[Si](=O)N(C)C. The number of nitrogens with zero attached hydrogens (tertiary/aromatic N) is 2. The second-order valence-corrected chi connectivity index (χ2v) is 7.60. The van der Waals surface area contributed by atoms with Gasteiger partial charge in [0.05, 0.1) is 22.8 Å². The molecule has 8 nitrogen and oxygen atoms in total. The molecule has 1 unspecified atom stereocenters. The standard InChI is InChI=1S/C17H22N2O6Si/c1-6-7-8-9-12(2)25-16-14(19(21)22)10-13(17(20)24-5)11-15(16)26(23)18(3)4/h6-12H,1-5H3/b7-6-,9-8-. The van der Waals surface area contributed by atoms with Crippen molar-refractivity contribution in [2.45, 2.75) is 20.0 Å². The van der Waals surface area contributed by atoms with Crippen molar-refractivity contribution < 1.29 is 23.7 Å². The molecule has 140 valence electrons. The smallest absolute Gasteiger partial charge is 0.434 e. The minimum atomic E-state index is -2.59. The molecule has 0 bridgehead atoms. The third-order valence-corrected chi connectivity index (χ3v) is 4.96. The summed E-state index contributed by atoms with van der Waals surface area (Å²) in [5.41, 5.74) is -0.492. The summed E-state index contributed by atoms with van der Waals surface area (Å²) in [5, 5.41) is 11.6. The highest BCUT2D eigenvalue weighted by Gasteiger charge is 2.30. The molecule has 0 amide bonds. The molecule has 0 fully saturated rings. The van der Waals surface area contributed by atoms with Crippen LogP contribution in [0.3, 0.4) is 0 Å². The van der Waals surface area contributed by atoms with Crippen molar-refractivity contribution in [2.75, 3.05) is 21.2 Å². The number of nitro groups is 1. The Morgan fingerprint density at radius 2 is 2.00 bits per heavy atom. The van der Waals surface area contributed by atoms with Gasteiger partial charge in [-0.15, -0.1) is 0 Å². The predicted molar refractivity (Wildman–Crippen MR) is 98.2 cm³/mol. The Bertz CT molecular complexity index is 758. The van der Waals surface area contributed by atoms with Gasteiger partial charge in [-0.2, -0.15) is 0 Å². The third-order valence-electron chi connectivity index (χ3n) is 3.31. The molecule has 0 saturated heterocycles. The van der Waals surface area contributed by atoms with Crippen molar-refractivity contribution in [3.63, 3.8) is 0 Å². The van der Waals surface area contributed by atoms with Gasteiger partial charge in [0.1, 0.15) is 6.10 Å². The van der Waals surface area contributed by atoms with Crippen LogP contribution in [-0.4, -0.2) is 51.6 Å². The van der Waals surface area contributed by atoms with Gasteiger partial charge in [-0.05, 0) is 40.1 Å². The van der Waals surface area contributed by atoms with Crippen LogP contribution in [-0.2, 0) is 9.20 Å². The van der Waals surface area contributed by atoms with Gasteiger partial charge in [0.25, 0.3) is 0 Å². The lowest BCUT2D eigenvalue weighted by molar-refractivity contribution is -0.385. The first-order valence-corrected chi connectivity index (χ1v) is 9.17. The van der Waals surface area contributed by atoms with Gasteiger partial charge in [-0.1, -0.05) is 18.2 Å². The maximum atomic E-state index is 12.7. The number of nitro benzene ring substituents is 1. The molecule has 0 aliphatic heterocycles. The molecule has 0 spiro atoms. The van der Waals surface area contributed by atoms with E-state index in [1.807, 2.05) is 13.0 Å². The van der Waals surface area contributed by atoms with Gasteiger partial charge in [0, 0.05) is 6.07 Å². The number of carbonyl (C=O) groups excluding carboxylic acids is 1. The Morgan fingerprint density at radius 1 is 1.35 bits per heavy atom. The van der Waals surface area contributed by atoms with Crippen molar-refractivity contribution in [1.82, 2.24) is 4.57 Å². The quantitative estimate of drug-likeness (QED) is 0.224. The minimum absolute atomic E-state index is 0.0566. The lowest BCUT2D eigenvalue weighted by Crippen LogP contribution is -2.38. The molecule has 1 aromatic carbocycles.